The molecule has 2 atom stereocenters. The third-order valence-corrected chi connectivity index (χ3v) is 6.85. The predicted molar refractivity (Wildman–Crippen MR) is 117 cm³/mol. The van der Waals surface area contributed by atoms with Crippen molar-refractivity contribution in [1.82, 2.24) is 24.6 Å². The van der Waals surface area contributed by atoms with E-state index >= 15 is 0 Å². The third kappa shape index (κ3) is 3.37. The molecule has 3 aliphatic heterocycles. The second-order valence-electron chi connectivity index (χ2n) is 8.67. The molecule has 174 valence electrons. The van der Waals surface area contributed by atoms with Gasteiger partial charge in [0.15, 0.2) is 11.5 Å². The van der Waals surface area contributed by atoms with E-state index in [1.54, 1.807) is 17.0 Å². The fourth-order valence-electron chi connectivity index (χ4n) is 5.15. The quantitative estimate of drug-likeness (QED) is 0.555. The van der Waals surface area contributed by atoms with Crippen molar-refractivity contribution in [3.8, 4) is 11.5 Å². The summed E-state index contributed by atoms with van der Waals surface area (Å²) in [7, 11) is 0. The van der Waals surface area contributed by atoms with Crippen molar-refractivity contribution in [2.45, 2.75) is 30.8 Å². The summed E-state index contributed by atoms with van der Waals surface area (Å²) in [6, 6.07) is 11.4. The smallest absolute Gasteiger partial charge is 0.346 e. The van der Waals surface area contributed by atoms with Crippen LogP contribution in [0.15, 0.2) is 55.1 Å². The van der Waals surface area contributed by atoms with E-state index in [0.29, 0.717) is 37.4 Å². The number of benzene rings is 2. The van der Waals surface area contributed by atoms with Crippen LogP contribution in [-0.2, 0) is 4.79 Å². The molecule has 9 nitrogen and oxygen atoms in total. The van der Waals surface area contributed by atoms with E-state index in [2.05, 4.69) is 10.1 Å². The van der Waals surface area contributed by atoms with Crippen LogP contribution in [0.5, 0.6) is 11.5 Å². The van der Waals surface area contributed by atoms with E-state index in [1.807, 2.05) is 23.1 Å². The number of carbonyl (C=O) groups is 2. The predicted octanol–water partition coefficient (Wildman–Crippen LogP) is 2.95. The third-order valence-electron chi connectivity index (χ3n) is 6.85. The number of piperidine rings is 1. The number of fused-ring (bicyclic) bond motifs is 1. The van der Waals surface area contributed by atoms with E-state index in [4.69, 9.17) is 9.47 Å². The molecule has 10 heteroatoms. The zero-order valence-corrected chi connectivity index (χ0v) is 18.2. The van der Waals surface area contributed by atoms with Gasteiger partial charge in [-0.2, -0.15) is 9.78 Å². The van der Waals surface area contributed by atoms with E-state index in [1.165, 1.54) is 29.5 Å². The van der Waals surface area contributed by atoms with Gasteiger partial charge in [-0.3, -0.25) is 4.79 Å². The second-order valence-corrected chi connectivity index (χ2v) is 8.67. The summed E-state index contributed by atoms with van der Waals surface area (Å²) >= 11 is 0. The standard InChI is InChI=1S/C24H22FN5O4/c25-17-4-1-15(2-5-17)22-21(16-3-6-19-20(11-16)34-14-33-19)23(31)30(22)18-7-9-28(10-8-18)24(32)29-13-26-12-27-29/h1-6,11-13,18,21-22H,7-10,14H2/t21-,22-/m1/s1. The summed E-state index contributed by atoms with van der Waals surface area (Å²) in [5.74, 6) is 0.598. The lowest BCUT2D eigenvalue weighted by molar-refractivity contribution is -0.156. The van der Waals surface area contributed by atoms with Crippen molar-refractivity contribution in [2.24, 2.45) is 0 Å². The van der Waals surface area contributed by atoms with Crippen molar-refractivity contribution in [1.29, 1.82) is 0 Å². The number of aromatic nitrogens is 3. The van der Waals surface area contributed by atoms with Gasteiger partial charge in [-0.15, -0.1) is 0 Å². The van der Waals surface area contributed by atoms with E-state index in [-0.39, 0.29) is 36.6 Å². The summed E-state index contributed by atoms with van der Waals surface area (Å²) in [6.45, 7) is 1.19. The van der Waals surface area contributed by atoms with Gasteiger partial charge in [0.1, 0.15) is 18.5 Å². The Hall–Kier alpha value is -3.95. The fourth-order valence-corrected chi connectivity index (χ4v) is 5.15. The second kappa shape index (κ2) is 8.12. The Morgan fingerprint density at radius 2 is 1.74 bits per heavy atom. The number of carbonyl (C=O) groups excluding carboxylic acids is 2. The Morgan fingerprint density at radius 3 is 2.47 bits per heavy atom. The minimum atomic E-state index is -0.394. The van der Waals surface area contributed by atoms with Gasteiger partial charge < -0.3 is 19.3 Å². The van der Waals surface area contributed by atoms with E-state index < -0.39 is 5.92 Å². The van der Waals surface area contributed by atoms with E-state index in [9.17, 15) is 14.0 Å². The number of ether oxygens (including phenoxy) is 2. The molecule has 0 saturated carbocycles. The first kappa shape index (κ1) is 20.6. The van der Waals surface area contributed by atoms with Gasteiger partial charge in [0.05, 0.1) is 12.0 Å². The molecule has 0 unspecified atom stereocenters. The molecule has 0 aliphatic carbocycles. The van der Waals surface area contributed by atoms with Crippen molar-refractivity contribution in [3.63, 3.8) is 0 Å². The van der Waals surface area contributed by atoms with Crippen LogP contribution in [0.25, 0.3) is 0 Å². The Balaban J connectivity index is 1.25. The maximum absolute atomic E-state index is 13.6. The zero-order chi connectivity index (χ0) is 23.2. The van der Waals surface area contributed by atoms with E-state index in [0.717, 1.165) is 11.1 Å². The fraction of sp³-hybridized carbons (Fsp3) is 0.333. The van der Waals surface area contributed by atoms with Crippen molar-refractivity contribution in [2.75, 3.05) is 19.9 Å². The summed E-state index contributed by atoms with van der Waals surface area (Å²) in [5, 5.41) is 3.91. The molecular formula is C24H22FN5O4. The molecule has 2 saturated heterocycles. The van der Waals surface area contributed by atoms with Crippen molar-refractivity contribution >= 4 is 11.9 Å². The molecule has 0 radical (unpaired) electrons. The molecule has 6 rings (SSSR count). The van der Waals surface area contributed by atoms with Gasteiger partial charge in [0.25, 0.3) is 0 Å². The number of β-lactam (4-membered cyclic amide) rings is 1. The number of halogens is 1. The van der Waals surface area contributed by atoms with Gasteiger partial charge in [-0.05, 0) is 48.2 Å². The van der Waals surface area contributed by atoms with Gasteiger partial charge in [0, 0.05) is 19.1 Å². The SMILES string of the molecule is O=C1[C@H](c2ccc3c(c2)OCO3)[C@@H](c2ccc(F)cc2)N1C1CCN(C(=O)n2cncn2)CC1. The van der Waals surface area contributed by atoms with Gasteiger partial charge in [-0.25, -0.2) is 14.2 Å². The average molecular weight is 463 g/mol. The Kier molecular flexibility index (Phi) is 4.93. The van der Waals surface area contributed by atoms with Crippen LogP contribution in [0.2, 0.25) is 0 Å². The van der Waals surface area contributed by atoms with Crippen LogP contribution in [-0.4, -0.2) is 62.4 Å². The monoisotopic (exact) mass is 463 g/mol. The Bertz CT molecular complexity index is 1220. The van der Waals surface area contributed by atoms with Gasteiger partial charge >= 0.3 is 6.03 Å². The summed E-state index contributed by atoms with van der Waals surface area (Å²) in [4.78, 5) is 33.5. The minimum absolute atomic E-state index is 0.0207. The Labute approximate surface area is 194 Å². The Morgan fingerprint density at radius 1 is 1.00 bits per heavy atom. The number of hydrogen-bond donors (Lipinski definition) is 0. The molecule has 0 bridgehead atoms. The molecule has 34 heavy (non-hydrogen) atoms. The van der Waals surface area contributed by atoms with Crippen LogP contribution in [0.4, 0.5) is 9.18 Å². The van der Waals surface area contributed by atoms with Crippen LogP contribution >= 0.6 is 0 Å². The van der Waals surface area contributed by atoms with Crippen LogP contribution in [0, 0.1) is 5.82 Å². The number of likely N-dealkylation sites (tertiary alicyclic amines) is 2. The first-order valence-corrected chi connectivity index (χ1v) is 11.2. The molecule has 2 amide bonds. The lowest BCUT2D eigenvalue weighted by Gasteiger charge is -2.53. The zero-order valence-electron chi connectivity index (χ0n) is 18.2. The molecule has 0 N–H and O–H groups in total. The lowest BCUT2D eigenvalue weighted by Crippen LogP contribution is -2.60. The molecule has 2 aromatic carbocycles. The first-order valence-electron chi connectivity index (χ1n) is 11.2. The largest absolute Gasteiger partial charge is 0.454 e. The number of amides is 2. The minimum Gasteiger partial charge on any atom is -0.454 e. The average Bonchev–Trinajstić information content (AvgIpc) is 3.55. The first-order chi connectivity index (χ1) is 16.6. The summed E-state index contributed by atoms with van der Waals surface area (Å²) in [6.07, 6.45) is 4.01. The number of rotatable bonds is 3. The lowest BCUT2D eigenvalue weighted by atomic mass is 9.75. The highest BCUT2D eigenvalue weighted by atomic mass is 19.1. The maximum atomic E-state index is 13.6. The molecular weight excluding hydrogens is 441 g/mol. The summed E-state index contributed by atoms with van der Waals surface area (Å²) in [5.41, 5.74) is 1.73. The molecule has 3 aliphatic rings. The van der Waals surface area contributed by atoms with Crippen molar-refractivity contribution < 1.29 is 23.5 Å². The highest BCUT2D eigenvalue weighted by Crippen LogP contribution is 2.50. The molecule has 1 aromatic heterocycles. The van der Waals surface area contributed by atoms with Gasteiger partial charge in [0.2, 0.25) is 12.7 Å². The molecule has 0 spiro atoms. The molecule has 2 fully saturated rings. The topological polar surface area (TPSA) is 89.8 Å². The van der Waals surface area contributed by atoms with Gasteiger partial charge in [-0.1, -0.05) is 18.2 Å². The normalized spacial score (nSPS) is 22.1. The molecule has 3 aromatic rings. The molecule has 4 heterocycles. The van der Waals surface area contributed by atoms with Crippen LogP contribution < -0.4 is 9.47 Å². The van der Waals surface area contributed by atoms with Crippen molar-refractivity contribution in [3.05, 3.63) is 72.1 Å². The maximum Gasteiger partial charge on any atom is 0.346 e. The highest BCUT2D eigenvalue weighted by Gasteiger charge is 2.52. The highest BCUT2D eigenvalue weighted by molar-refractivity contribution is 5.92. The number of hydrogen-bond acceptors (Lipinski definition) is 6. The summed E-state index contributed by atoms with van der Waals surface area (Å²) < 4.78 is 25.8. The van der Waals surface area contributed by atoms with Crippen LogP contribution in [0.3, 0.4) is 0 Å². The van der Waals surface area contributed by atoms with Crippen LogP contribution in [0.1, 0.15) is 35.9 Å². The number of nitrogens with zero attached hydrogens (tertiary/aromatic N) is 5.